The number of nitrogens with one attached hydrogen (secondary N) is 1. The van der Waals surface area contributed by atoms with Gasteiger partial charge >= 0.3 is 11.3 Å². The molecule has 1 aliphatic heterocycles. The molecule has 0 bridgehead atoms. The smallest absolute Gasteiger partial charge is 0.328 e. The first-order valence-electron chi connectivity index (χ1n) is 6.92. The van der Waals surface area contributed by atoms with Crippen LogP contribution in [-0.4, -0.2) is 47.9 Å². The van der Waals surface area contributed by atoms with Gasteiger partial charge in [-0.3, -0.25) is 9.59 Å². The number of nitrogens with zero attached hydrogens (tertiary/aromatic N) is 1. The first kappa shape index (κ1) is 16.3. The van der Waals surface area contributed by atoms with Gasteiger partial charge in [0.15, 0.2) is 0 Å². The van der Waals surface area contributed by atoms with E-state index in [2.05, 4.69) is 10.1 Å². The molecule has 1 fully saturated rings. The monoisotopic (exact) mass is 324 g/mol. The lowest BCUT2D eigenvalue weighted by molar-refractivity contribution is -0.146. The molecule has 7 heteroatoms. The van der Waals surface area contributed by atoms with Gasteiger partial charge in [0.25, 0.3) is 5.91 Å². The number of hydrogen-bond donors (Lipinski definition) is 1. The Morgan fingerprint density at radius 1 is 1.23 bits per heavy atom. The van der Waals surface area contributed by atoms with Crippen LogP contribution in [0.3, 0.4) is 0 Å². The second kappa shape index (κ2) is 7.26. The van der Waals surface area contributed by atoms with Crippen LogP contribution in [0.5, 0.6) is 0 Å². The van der Waals surface area contributed by atoms with Gasteiger partial charge < -0.3 is 15.0 Å². The number of carbonyl (C=O) groups excluding carboxylic acids is 3. The number of rotatable bonds is 3. The van der Waals surface area contributed by atoms with Crippen molar-refractivity contribution in [1.82, 2.24) is 10.2 Å². The Bertz CT molecular complexity index is 564. The molecule has 1 N–H and O–H groups in total. The van der Waals surface area contributed by atoms with Gasteiger partial charge in [0.05, 0.1) is 7.11 Å². The number of methoxy groups -OCH3 is 1. The van der Waals surface area contributed by atoms with E-state index in [1.54, 1.807) is 24.3 Å². The van der Waals surface area contributed by atoms with Crippen molar-refractivity contribution in [3.8, 4) is 0 Å². The molecule has 0 aliphatic carbocycles. The first-order valence-corrected chi connectivity index (χ1v) is 7.30. The molecule has 0 radical (unpaired) electrons. The lowest BCUT2D eigenvalue weighted by Gasteiger charge is -2.36. The number of carbonyl (C=O) groups is 3. The fourth-order valence-electron chi connectivity index (χ4n) is 2.52. The maximum Gasteiger partial charge on any atom is 0.328 e. The highest BCUT2D eigenvalue weighted by atomic mass is 35.5. The van der Waals surface area contributed by atoms with Gasteiger partial charge in [-0.15, -0.1) is 0 Å². The number of likely N-dealkylation sites (tertiary alicyclic amines) is 1. The summed E-state index contributed by atoms with van der Waals surface area (Å²) in [6, 6.07) is 7.85. The lowest BCUT2D eigenvalue weighted by Crippen LogP contribution is -2.55. The predicted molar refractivity (Wildman–Crippen MR) is 80.7 cm³/mol. The van der Waals surface area contributed by atoms with Gasteiger partial charge in [0, 0.05) is 18.2 Å². The highest BCUT2D eigenvalue weighted by molar-refractivity contribution is 6.63. The lowest BCUT2D eigenvalue weighted by atomic mass is 9.98. The van der Waals surface area contributed by atoms with E-state index in [0.717, 1.165) is 0 Å². The number of piperidine rings is 1. The molecule has 0 saturated carbocycles. The highest BCUT2D eigenvalue weighted by Crippen LogP contribution is 2.20. The summed E-state index contributed by atoms with van der Waals surface area (Å²) in [4.78, 5) is 36.5. The molecule has 1 saturated heterocycles. The number of halogens is 1. The Kier molecular flexibility index (Phi) is 5.38. The van der Waals surface area contributed by atoms with Crippen LogP contribution in [0.1, 0.15) is 23.2 Å². The van der Waals surface area contributed by atoms with Crippen LogP contribution >= 0.6 is 11.6 Å². The van der Waals surface area contributed by atoms with Crippen LogP contribution in [-0.2, 0) is 9.53 Å². The maximum absolute atomic E-state index is 12.1. The number of ether oxygens (including phenoxy) is 1. The summed E-state index contributed by atoms with van der Waals surface area (Å²) >= 11 is 5.54. The average molecular weight is 325 g/mol. The molecule has 0 aromatic heterocycles. The van der Waals surface area contributed by atoms with Crippen molar-refractivity contribution < 1.29 is 19.1 Å². The largest absolute Gasteiger partial charge is 0.467 e. The summed E-state index contributed by atoms with van der Waals surface area (Å²) < 4.78 is 4.68. The third-order valence-corrected chi connectivity index (χ3v) is 3.87. The normalized spacial score (nSPS) is 21.1. The van der Waals surface area contributed by atoms with Crippen LogP contribution in [0.25, 0.3) is 0 Å². The van der Waals surface area contributed by atoms with Crippen LogP contribution in [0, 0.1) is 0 Å². The fourth-order valence-corrected chi connectivity index (χ4v) is 2.71. The Balaban J connectivity index is 2.02. The minimum Gasteiger partial charge on any atom is -0.467 e. The number of hydrogen-bond acceptors (Lipinski definition) is 4. The van der Waals surface area contributed by atoms with Crippen LogP contribution in [0.2, 0.25) is 0 Å². The van der Waals surface area contributed by atoms with Crippen LogP contribution in [0.15, 0.2) is 30.3 Å². The molecular formula is C15H17ClN2O4. The minimum absolute atomic E-state index is 0.181. The fraction of sp³-hybridized carbons (Fsp3) is 0.400. The maximum atomic E-state index is 12.1. The zero-order valence-corrected chi connectivity index (χ0v) is 12.9. The van der Waals surface area contributed by atoms with Crippen molar-refractivity contribution in [3.63, 3.8) is 0 Å². The SMILES string of the molecule is COC(=O)[C@H]1CC[C@H](NC(=O)c2ccccc2)CN1C(=O)Cl. The van der Waals surface area contributed by atoms with Gasteiger partial charge in [-0.25, -0.2) is 4.79 Å². The van der Waals surface area contributed by atoms with Gasteiger partial charge in [0.2, 0.25) is 0 Å². The number of amides is 2. The third kappa shape index (κ3) is 3.76. The van der Waals surface area contributed by atoms with Gasteiger partial charge in [-0.2, -0.15) is 0 Å². The molecular weight excluding hydrogens is 308 g/mol. The molecule has 1 aromatic rings. The summed E-state index contributed by atoms with van der Waals surface area (Å²) in [5.74, 6) is -0.717. The zero-order chi connectivity index (χ0) is 16.1. The van der Waals surface area contributed by atoms with E-state index in [0.29, 0.717) is 18.4 Å². The molecule has 1 aliphatic rings. The van der Waals surface area contributed by atoms with Crippen molar-refractivity contribution in [2.45, 2.75) is 24.9 Å². The summed E-state index contributed by atoms with van der Waals surface area (Å²) in [6.07, 6.45) is 0.962. The molecule has 22 heavy (non-hydrogen) atoms. The third-order valence-electron chi connectivity index (χ3n) is 3.65. The molecule has 1 heterocycles. The first-order chi connectivity index (χ1) is 10.5. The van der Waals surface area contributed by atoms with Crippen molar-refractivity contribution in [2.75, 3.05) is 13.7 Å². The standard InChI is InChI=1S/C15H17ClN2O4/c1-22-14(20)12-8-7-11(9-18(12)15(16)21)17-13(19)10-5-3-2-4-6-10/h2-6,11-12H,7-9H2,1H3,(H,17,19)/t11-,12+/m0/s1. The van der Waals surface area contributed by atoms with Crippen molar-refractivity contribution in [2.24, 2.45) is 0 Å². The molecule has 0 spiro atoms. The Hall–Kier alpha value is -2.08. The van der Waals surface area contributed by atoms with E-state index in [4.69, 9.17) is 11.6 Å². The molecule has 0 unspecified atom stereocenters. The molecule has 2 rings (SSSR count). The van der Waals surface area contributed by atoms with E-state index >= 15 is 0 Å². The summed E-state index contributed by atoms with van der Waals surface area (Å²) in [7, 11) is 1.27. The second-order valence-electron chi connectivity index (χ2n) is 5.06. The van der Waals surface area contributed by atoms with Crippen molar-refractivity contribution in [1.29, 1.82) is 0 Å². The van der Waals surface area contributed by atoms with E-state index in [9.17, 15) is 14.4 Å². The van der Waals surface area contributed by atoms with Gasteiger partial charge in [-0.05, 0) is 36.6 Å². The van der Waals surface area contributed by atoms with Crippen LogP contribution < -0.4 is 5.32 Å². The summed E-state index contributed by atoms with van der Waals surface area (Å²) in [5, 5.41) is 2.13. The zero-order valence-electron chi connectivity index (χ0n) is 12.1. The van der Waals surface area contributed by atoms with Gasteiger partial charge in [-0.1, -0.05) is 18.2 Å². The van der Waals surface area contributed by atoms with E-state index in [-0.39, 0.29) is 18.5 Å². The molecule has 118 valence electrons. The van der Waals surface area contributed by atoms with E-state index in [1.807, 2.05) is 6.07 Å². The van der Waals surface area contributed by atoms with E-state index in [1.165, 1.54) is 12.0 Å². The van der Waals surface area contributed by atoms with Crippen molar-refractivity contribution in [3.05, 3.63) is 35.9 Å². The molecule has 1 aromatic carbocycles. The Labute approximate surface area is 133 Å². The van der Waals surface area contributed by atoms with Gasteiger partial charge in [0.1, 0.15) is 6.04 Å². The number of esters is 1. The quantitative estimate of drug-likeness (QED) is 0.522. The van der Waals surface area contributed by atoms with E-state index < -0.39 is 17.4 Å². The summed E-state index contributed by atoms with van der Waals surface area (Å²) in [5.41, 5.74) is 0.543. The van der Waals surface area contributed by atoms with Crippen LogP contribution in [0.4, 0.5) is 4.79 Å². The molecule has 2 atom stereocenters. The molecule has 6 nitrogen and oxygen atoms in total. The second-order valence-corrected chi connectivity index (χ2v) is 5.38. The number of benzene rings is 1. The molecule has 2 amide bonds. The minimum atomic E-state index is -0.728. The predicted octanol–water partition coefficient (Wildman–Crippen LogP) is 1.78. The Morgan fingerprint density at radius 2 is 1.91 bits per heavy atom. The van der Waals surface area contributed by atoms with Crippen molar-refractivity contribution >= 4 is 28.8 Å². The Morgan fingerprint density at radius 3 is 2.50 bits per heavy atom. The summed E-state index contributed by atoms with van der Waals surface area (Å²) in [6.45, 7) is 0.181. The highest BCUT2D eigenvalue weighted by Gasteiger charge is 2.36. The average Bonchev–Trinajstić information content (AvgIpc) is 2.54. The topological polar surface area (TPSA) is 75.7 Å².